The highest BCUT2D eigenvalue weighted by molar-refractivity contribution is 4.69. The monoisotopic (exact) mass is 208 g/mol. The van der Waals surface area contributed by atoms with E-state index in [-0.39, 0.29) is 6.54 Å². The Morgan fingerprint density at radius 2 is 1.86 bits per heavy atom. The zero-order valence-corrected chi connectivity index (χ0v) is 9.39. The molecule has 4 heteroatoms. The molecule has 0 heterocycles. The minimum atomic E-state index is -2.23. The molecule has 0 saturated heterocycles. The number of nitrogens with zero attached hydrogens (tertiary/aromatic N) is 1. The highest BCUT2D eigenvalue weighted by atomic mass is 19.3. The third kappa shape index (κ3) is 7.21. The summed E-state index contributed by atoms with van der Waals surface area (Å²) < 4.78 is 24.1. The van der Waals surface area contributed by atoms with Gasteiger partial charge in [0, 0.05) is 12.6 Å². The largest absolute Gasteiger partial charge is 0.313 e. The summed E-state index contributed by atoms with van der Waals surface area (Å²) in [6, 6.07) is 0.332. The number of hydrogen-bond acceptors (Lipinski definition) is 2. The van der Waals surface area contributed by atoms with Crippen molar-refractivity contribution in [1.29, 1.82) is 0 Å². The van der Waals surface area contributed by atoms with Crippen LogP contribution < -0.4 is 5.32 Å². The van der Waals surface area contributed by atoms with E-state index in [1.54, 1.807) is 11.9 Å². The lowest BCUT2D eigenvalue weighted by atomic mass is 10.2. The zero-order chi connectivity index (χ0) is 11.0. The summed E-state index contributed by atoms with van der Waals surface area (Å²) >= 11 is 0. The van der Waals surface area contributed by atoms with Gasteiger partial charge in [0.2, 0.25) is 0 Å². The van der Waals surface area contributed by atoms with Gasteiger partial charge < -0.3 is 5.32 Å². The van der Waals surface area contributed by atoms with E-state index >= 15 is 0 Å². The lowest BCUT2D eigenvalue weighted by Crippen LogP contribution is -2.40. The molecule has 1 unspecified atom stereocenters. The maximum atomic E-state index is 12.0. The number of alkyl halides is 2. The van der Waals surface area contributed by atoms with Crippen LogP contribution in [0.1, 0.15) is 26.7 Å². The fourth-order valence-electron chi connectivity index (χ4n) is 1.37. The normalized spacial score (nSPS) is 13.9. The van der Waals surface area contributed by atoms with Gasteiger partial charge in [0.25, 0.3) is 6.43 Å². The molecule has 86 valence electrons. The molecule has 0 aliphatic carbocycles. The van der Waals surface area contributed by atoms with Crippen LogP contribution >= 0.6 is 0 Å². The molecule has 0 bridgehead atoms. The molecule has 0 fully saturated rings. The second kappa shape index (κ2) is 8.12. The fraction of sp³-hybridized carbons (Fsp3) is 1.00. The van der Waals surface area contributed by atoms with Crippen LogP contribution in [0.15, 0.2) is 0 Å². The lowest BCUT2D eigenvalue weighted by molar-refractivity contribution is 0.0956. The second-order valence-electron chi connectivity index (χ2n) is 3.67. The van der Waals surface area contributed by atoms with Crippen molar-refractivity contribution in [2.24, 2.45) is 0 Å². The summed E-state index contributed by atoms with van der Waals surface area (Å²) in [7, 11) is 1.74. The number of rotatable bonds is 8. The van der Waals surface area contributed by atoms with Crippen LogP contribution in [-0.4, -0.2) is 44.0 Å². The number of likely N-dealkylation sites (N-methyl/N-ethyl adjacent to an activating group) is 1. The van der Waals surface area contributed by atoms with E-state index in [4.69, 9.17) is 0 Å². The minimum absolute atomic E-state index is 0.135. The first kappa shape index (κ1) is 13.8. The third-order valence-electron chi connectivity index (χ3n) is 2.16. The van der Waals surface area contributed by atoms with E-state index in [2.05, 4.69) is 19.2 Å². The van der Waals surface area contributed by atoms with Gasteiger partial charge in [0.1, 0.15) is 0 Å². The van der Waals surface area contributed by atoms with Crippen molar-refractivity contribution in [3.05, 3.63) is 0 Å². The maximum Gasteiger partial charge on any atom is 0.251 e. The second-order valence-corrected chi connectivity index (χ2v) is 3.67. The maximum absolute atomic E-state index is 12.0. The van der Waals surface area contributed by atoms with Crippen molar-refractivity contribution in [2.45, 2.75) is 39.2 Å². The summed E-state index contributed by atoms with van der Waals surface area (Å²) in [4.78, 5) is 1.68. The van der Waals surface area contributed by atoms with Crippen molar-refractivity contribution in [3.8, 4) is 0 Å². The van der Waals surface area contributed by atoms with Gasteiger partial charge in [-0.05, 0) is 26.4 Å². The topological polar surface area (TPSA) is 15.3 Å². The summed E-state index contributed by atoms with van der Waals surface area (Å²) in [6.45, 7) is 5.69. The quantitative estimate of drug-likeness (QED) is 0.656. The average Bonchev–Trinajstić information content (AvgIpc) is 2.10. The molecule has 1 atom stereocenters. The van der Waals surface area contributed by atoms with Gasteiger partial charge in [-0.2, -0.15) is 0 Å². The molecule has 2 nitrogen and oxygen atoms in total. The number of hydrogen-bond donors (Lipinski definition) is 1. The van der Waals surface area contributed by atoms with Crippen molar-refractivity contribution in [3.63, 3.8) is 0 Å². The molecule has 0 amide bonds. The third-order valence-corrected chi connectivity index (χ3v) is 2.16. The van der Waals surface area contributed by atoms with Gasteiger partial charge in [-0.15, -0.1) is 0 Å². The molecule has 0 rings (SSSR count). The lowest BCUT2D eigenvalue weighted by Gasteiger charge is -2.23. The standard InChI is InChI=1S/C10H22F2N2/c1-4-6-13-9(5-2)7-14(3)8-10(11)12/h9-10,13H,4-8H2,1-3H3. The van der Waals surface area contributed by atoms with Gasteiger partial charge in [0.05, 0.1) is 6.54 Å². The van der Waals surface area contributed by atoms with Crippen LogP contribution in [0.3, 0.4) is 0 Å². The Kier molecular flexibility index (Phi) is 7.99. The molecule has 0 aliphatic rings. The smallest absolute Gasteiger partial charge is 0.251 e. The summed E-state index contributed by atoms with van der Waals surface area (Å²) in [5.74, 6) is 0. The van der Waals surface area contributed by atoms with Gasteiger partial charge in [0.15, 0.2) is 0 Å². The molecule has 0 aliphatic heterocycles. The Morgan fingerprint density at radius 1 is 1.21 bits per heavy atom. The van der Waals surface area contributed by atoms with Gasteiger partial charge in [-0.3, -0.25) is 4.90 Å². The summed E-state index contributed by atoms with van der Waals surface area (Å²) in [5, 5.41) is 3.34. The van der Waals surface area contributed by atoms with Crippen LogP contribution in [0.4, 0.5) is 8.78 Å². The van der Waals surface area contributed by atoms with E-state index < -0.39 is 6.43 Å². The molecule has 0 aromatic carbocycles. The van der Waals surface area contributed by atoms with Crippen LogP contribution in [0.2, 0.25) is 0 Å². The number of nitrogens with one attached hydrogen (secondary N) is 1. The molecule has 0 radical (unpaired) electrons. The van der Waals surface area contributed by atoms with Crippen molar-refractivity contribution in [2.75, 3.05) is 26.7 Å². The fourth-order valence-corrected chi connectivity index (χ4v) is 1.37. The number of halogens is 2. The highest BCUT2D eigenvalue weighted by Crippen LogP contribution is 1.99. The molecule has 1 N–H and O–H groups in total. The zero-order valence-electron chi connectivity index (χ0n) is 9.39. The van der Waals surface area contributed by atoms with Crippen molar-refractivity contribution < 1.29 is 8.78 Å². The molecular formula is C10H22F2N2. The van der Waals surface area contributed by atoms with Crippen LogP contribution in [-0.2, 0) is 0 Å². The Bertz CT molecular complexity index is 131. The molecule has 0 saturated carbocycles. The van der Waals surface area contributed by atoms with Gasteiger partial charge in [-0.1, -0.05) is 13.8 Å². The van der Waals surface area contributed by atoms with Crippen LogP contribution in [0.25, 0.3) is 0 Å². The summed E-state index contributed by atoms with van der Waals surface area (Å²) in [6.07, 6.45) is -0.175. The Labute approximate surface area is 85.7 Å². The molecular weight excluding hydrogens is 186 g/mol. The van der Waals surface area contributed by atoms with E-state index in [9.17, 15) is 8.78 Å². The van der Waals surface area contributed by atoms with E-state index in [0.29, 0.717) is 12.6 Å². The Morgan fingerprint density at radius 3 is 2.29 bits per heavy atom. The van der Waals surface area contributed by atoms with Crippen molar-refractivity contribution >= 4 is 0 Å². The average molecular weight is 208 g/mol. The molecule has 0 aromatic heterocycles. The van der Waals surface area contributed by atoms with E-state index in [1.807, 2.05) is 0 Å². The van der Waals surface area contributed by atoms with Gasteiger partial charge in [-0.25, -0.2) is 8.78 Å². The van der Waals surface area contributed by atoms with Gasteiger partial charge >= 0.3 is 0 Å². The molecule has 0 spiro atoms. The van der Waals surface area contributed by atoms with E-state index in [1.165, 1.54) is 0 Å². The first-order valence-electron chi connectivity index (χ1n) is 5.30. The predicted molar refractivity (Wildman–Crippen MR) is 55.9 cm³/mol. The molecule has 0 aromatic rings. The summed E-state index contributed by atoms with van der Waals surface area (Å²) in [5.41, 5.74) is 0. The first-order chi connectivity index (χ1) is 6.60. The SMILES string of the molecule is CCCNC(CC)CN(C)CC(F)F. The van der Waals surface area contributed by atoms with E-state index in [0.717, 1.165) is 19.4 Å². The minimum Gasteiger partial charge on any atom is -0.313 e. The van der Waals surface area contributed by atoms with Crippen LogP contribution in [0.5, 0.6) is 0 Å². The Hall–Kier alpha value is -0.220. The first-order valence-corrected chi connectivity index (χ1v) is 5.30. The Balaban J connectivity index is 3.68. The highest BCUT2D eigenvalue weighted by Gasteiger charge is 2.12. The molecule has 14 heavy (non-hydrogen) atoms. The van der Waals surface area contributed by atoms with Crippen LogP contribution in [0, 0.1) is 0 Å². The predicted octanol–water partition coefficient (Wildman–Crippen LogP) is 1.96. The van der Waals surface area contributed by atoms with Crippen molar-refractivity contribution in [1.82, 2.24) is 10.2 Å².